The molecule has 0 fully saturated rings. The summed E-state index contributed by atoms with van der Waals surface area (Å²) in [7, 11) is -3.22. The van der Waals surface area contributed by atoms with Gasteiger partial charge < -0.3 is 5.73 Å². The number of rotatable bonds is 1. The Labute approximate surface area is 97.5 Å². The van der Waals surface area contributed by atoms with Gasteiger partial charge in [0, 0.05) is 11.2 Å². The fourth-order valence-electron chi connectivity index (χ4n) is 1.36. The molecule has 2 amide bonds. The molecule has 1 aliphatic heterocycles. The average molecular weight is 257 g/mol. The van der Waals surface area contributed by atoms with Crippen molar-refractivity contribution >= 4 is 33.3 Å². The summed E-state index contributed by atoms with van der Waals surface area (Å²) in [5.74, 6) is 1.55. The number of urea groups is 1. The largest absolute Gasteiger partial charge is 0.351 e. The van der Waals surface area contributed by atoms with E-state index in [1.54, 1.807) is 11.9 Å². The van der Waals surface area contributed by atoms with E-state index in [2.05, 4.69) is 0 Å². The highest BCUT2D eigenvalue weighted by molar-refractivity contribution is 8.02. The lowest BCUT2D eigenvalue weighted by molar-refractivity contribution is 0.255. The summed E-state index contributed by atoms with van der Waals surface area (Å²) in [5.41, 5.74) is 5.78. The fourth-order valence-corrected chi connectivity index (χ4v) is 3.00. The van der Waals surface area contributed by atoms with Gasteiger partial charge in [-0.25, -0.2) is 13.2 Å². The SMILES string of the molecule is CS(=O)(=O)c1ccc2c(c1)S[CH]N2C(N)=O. The molecule has 16 heavy (non-hydrogen) atoms. The Morgan fingerprint density at radius 3 is 2.69 bits per heavy atom. The minimum Gasteiger partial charge on any atom is -0.351 e. The van der Waals surface area contributed by atoms with Crippen LogP contribution in [0.1, 0.15) is 0 Å². The van der Waals surface area contributed by atoms with Crippen LogP contribution < -0.4 is 10.6 Å². The van der Waals surface area contributed by atoms with Gasteiger partial charge in [0.05, 0.1) is 10.6 Å². The lowest BCUT2D eigenvalue weighted by Crippen LogP contribution is -2.30. The molecule has 1 aromatic rings. The lowest BCUT2D eigenvalue weighted by atomic mass is 10.3. The number of carbonyl (C=O) groups excluding carboxylic acids is 1. The predicted molar refractivity (Wildman–Crippen MR) is 61.8 cm³/mol. The van der Waals surface area contributed by atoms with E-state index in [1.165, 1.54) is 28.8 Å². The third kappa shape index (κ3) is 1.88. The van der Waals surface area contributed by atoms with Crippen molar-refractivity contribution in [3.8, 4) is 0 Å². The maximum absolute atomic E-state index is 11.3. The van der Waals surface area contributed by atoms with Crippen LogP contribution in [0.5, 0.6) is 0 Å². The van der Waals surface area contributed by atoms with E-state index in [1.807, 2.05) is 0 Å². The van der Waals surface area contributed by atoms with Crippen LogP contribution in [0.2, 0.25) is 0 Å². The highest BCUT2D eigenvalue weighted by Gasteiger charge is 2.25. The van der Waals surface area contributed by atoms with E-state index < -0.39 is 15.9 Å². The van der Waals surface area contributed by atoms with Gasteiger partial charge in [-0.1, -0.05) is 11.8 Å². The Morgan fingerprint density at radius 1 is 1.44 bits per heavy atom. The zero-order valence-corrected chi connectivity index (χ0v) is 10.0. The molecule has 0 saturated carbocycles. The second-order valence-corrected chi connectivity index (χ2v) is 6.24. The molecule has 0 aliphatic carbocycles. The zero-order chi connectivity index (χ0) is 11.9. The van der Waals surface area contributed by atoms with Gasteiger partial charge in [-0.2, -0.15) is 0 Å². The molecular formula is C9H9N2O3S2. The van der Waals surface area contributed by atoms with Gasteiger partial charge in [-0.15, -0.1) is 0 Å². The molecule has 1 aromatic carbocycles. The number of nitrogens with two attached hydrogens (primary N) is 1. The first-order valence-corrected chi connectivity index (χ1v) is 7.09. The monoisotopic (exact) mass is 257 g/mol. The Balaban J connectivity index is 2.48. The number of hydrogen-bond acceptors (Lipinski definition) is 4. The second kappa shape index (κ2) is 3.67. The maximum Gasteiger partial charge on any atom is 0.320 e. The third-order valence-electron chi connectivity index (χ3n) is 2.14. The highest BCUT2D eigenvalue weighted by Crippen LogP contribution is 2.42. The molecule has 1 radical (unpaired) electrons. The van der Waals surface area contributed by atoms with E-state index in [9.17, 15) is 13.2 Å². The quantitative estimate of drug-likeness (QED) is 0.819. The number of nitrogens with zero attached hydrogens (tertiary/aromatic N) is 1. The van der Waals surface area contributed by atoms with E-state index in [-0.39, 0.29) is 4.90 Å². The zero-order valence-electron chi connectivity index (χ0n) is 8.38. The first kappa shape index (κ1) is 11.3. The number of carbonyl (C=O) groups is 1. The van der Waals surface area contributed by atoms with Crippen LogP contribution in [0.25, 0.3) is 0 Å². The molecule has 0 bridgehead atoms. The lowest BCUT2D eigenvalue weighted by Gasteiger charge is -2.12. The van der Waals surface area contributed by atoms with Crippen molar-refractivity contribution in [3.05, 3.63) is 24.1 Å². The molecule has 0 unspecified atom stereocenters. The number of primary amides is 1. The summed E-state index contributed by atoms with van der Waals surface area (Å²) in [6.45, 7) is 0. The summed E-state index contributed by atoms with van der Waals surface area (Å²) >= 11 is 1.27. The minimum absolute atomic E-state index is 0.235. The van der Waals surface area contributed by atoms with Crippen molar-refractivity contribution in [2.24, 2.45) is 5.73 Å². The Morgan fingerprint density at radius 2 is 2.12 bits per heavy atom. The Kier molecular flexibility index (Phi) is 2.59. The number of thioether (sulfide) groups is 1. The van der Waals surface area contributed by atoms with Gasteiger partial charge >= 0.3 is 6.03 Å². The van der Waals surface area contributed by atoms with Gasteiger partial charge in [0.25, 0.3) is 0 Å². The fraction of sp³-hybridized carbons (Fsp3) is 0.111. The molecule has 7 heteroatoms. The molecule has 0 saturated heterocycles. The molecule has 85 valence electrons. The standard InChI is InChI=1S/C9H9N2O3S2/c1-16(13,14)6-2-3-7-8(4-6)15-5-11(7)9(10)12/h2-5H,1H3,(H2,10,12). The maximum atomic E-state index is 11.3. The number of benzene rings is 1. The summed E-state index contributed by atoms with van der Waals surface area (Å²) in [5, 5.41) is 0. The van der Waals surface area contributed by atoms with Crippen molar-refractivity contribution < 1.29 is 13.2 Å². The van der Waals surface area contributed by atoms with Crippen molar-refractivity contribution in [2.45, 2.75) is 9.79 Å². The van der Waals surface area contributed by atoms with Gasteiger partial charge in [0.15, 0.2) is 9.84 Å². The van der Waals surface area contributed by atoms with Crippen LogP contribution in [-0.4, -0.2) is 20.7 Å². The molecule has 1 heterocycles. The molecular weight excluding hydrogens is 248 g/mol. The smallest absolute Gasteiger partial charge is 0.320 e. The minimum atomic E-state index is -3.22. The van der Waals surface area contributed by atoms with E-state index in [4.69, 9.17) is 5.73 Å². The first-order valence-electron chi connectivity index (χ1n) is 4.32. The molecule has 2 rings (SSSR count). The average Bonchev–Trinajstić information content (AvgIpc) is 2.58. The van der Waals surface area contributed by atoms with Crippen LogP contribution in [0.3, 0.4) is 0 Å². The van der Waals surface area contributed by atoms with Gasteiger partial charge in [0.2, 0.25) is 0 Å². The van der Waals surface area contributed by atoms with Crippen LogP contribution >= 0.6 is 11.8 Å². The van der Waals surface area contributed by atoms with Crippen molar-refractivity contribution in [1.29, 1.82) is 0 Å². The van der Waals surface area contributed by atoms with Gasteiger partial charge in [0.1, 0.15) is 5.88 Å². The van der Waals surface area contributed by atoms with E-state index >= 15 is 0 Å². The third-order valence-corrected chi connectivity index (χ3v) is 4.15. The second-order valence-electron chi connectivity index (χ2n) is 3.33. The van der Waals surface area contributed by atoms with E-state index in [0.29, 0.717) is 10.6 Å². The molecule has 1 aliphatic rings. The predicted octanol–water partition coefficient (Wildman–Crippen LogP) is 1.20. The van der Waals surface area contributed by atoms with Crippen LogP contribution in [0.4, 0.5) is 10.5 Å². The molecule has 2 N–H and O–H groups in total. The van der Waals surface area contributed by atoms with Crippen molar-refractivity contribution in [2.75, 3.05) is 11.2 Å². The molecule has 5 nitrogen and oxygen atoms in total. The van der Waals surface area contributed by atoms with Gasteiger partial charge in [-0.3, -0.25) is 4.90 Å². The van der Waals surface area contributed by atoms with Crippen LogP contribution in [0, 0.1) is 5.88 Å². The number of fused-ring (bicyclic) bond motifs is 1. The highest BCUT2D eigenvalue weighted by atomic mass is 32.2. The van der Waals surface area contributed by atoms with Crippen molar-refractivity contribution in [3.63, 3.8) is 0 Å². The first-order chi connectivity index (χ1) is 7.39. The summed E-state index contributed by atoms with van der Waals surface area (Å²) in [6.07, 6.45) is 1.14. The summed E-state index contributed by atoms with van der Waals surface area (Å²) in [6, 6.07) is 3.99. The molecule has 0 aromatic heterocycles. The normalized spacial score (nSPS) is 14.9. The number of amides is 2. The van der Waals surface area contributed by atoms with Crippen LogP contribution in [-0.2, 0) is 9.84 Å². The Bertz CT molecular complexity index is 554. The van der Waals surface area contributed by atoms with Gasteiger partial charge in [-0.05, 0) is 18.2 Å². The number of sulfone groups is 1. The number of hydrogen-bond donors (Lipinski definition) is 1. The number of anilines is 1. The summed E-state index contributed by atoms with van der Waals surface area (Å²) < 4.78 is 22.6. The van der Waals surface area contributed by atoms with E-state index in [0.717, 1.165) is 6.26 Å². The van der Waals surface area contributed by atoms with Crippen LogP contribution in [0.15, 0.2) is 28.0 Å². The molecule has 0 spiro atoms. The Hall–Kier alpha value is -1.21. The topological polar surface area (TPSA) is 80.5 Å². The van der Waals surface area contributed by atoms with Crippen molar-refractivity contribution in [1.82, 2.24) is 0 Å². The summed E-state index contributed by atoms with van der Waals surface area (Å²) in [4.78, 5) is 13.3. The molecule has 0 atom stereocenters.